The van der Waals surface area contributed by atoms with Crippen LogP contribution in [0.3, 0.4) is 0 Å². The fourth-order valence-electron chi connectivity index (χ4n) is 8.53. The van der Waals surface area contributed by atoms with Crippen molar-refractivity contribution in [3.63, 3.8) is 0 Å². The Morgan fingerprint density at radius 1 is 0.922 bits per heavy atom. The zero-order valence-corrected chi connectivity index (χ0v) is 36.4. The van der Waals surface area contributed by atoms with Crippen LogP contribution in [0.25, 0.3) is 22.2 Å². The largest absolute Gasteiger partial charge is 0.481 e. The number of fused-ring (bicyclic) bond motifs is 1. The van der Waals surface area contributed by atoms with Crippen LogP contribution in [-0.2, 0) is 24.6 Å². The monoisotopic (exact) mass is 896 g/mol. The van der Waals surface area contributed by atoms with E-state index in [9.17, 15) is 27.6 Å². The molecule has 1 atom stereocenters. The average molecular weight is 897 g/mol. The molecule has 0 bridgehead atoms. The van der Waals surface area contributed by atoms with Crippen LogP contribution in [0, 0.1) is 11.6 Å². The number of anilines is 2. The molecule has 5 heterocycles. The lowest BCUT2D eigenvalue weighted by atomic mass is 9.89. The highest BCUT2D eigenvalue weighted by atomic mass is 32.2. The smallest absolute Gasteiger partial charge is 0.301 e. The predicted octanol–water partition coefficient (Wildman–Crippen LogP) is 5.50. The maximum Gasteiger partial charge on any atom is 0.301 e. The molecule has 3 aromatic carbocycles. The Morgan fingerprint density at radius 2 is 1.64 bits per heavy atom. The molecule has 18 heteroatoms. The molecule has 3 aliphatic heterocycles. The van der Waals surface area contributed by atoms with Crippen LogP contribution in [-0.4, -0.2) is 110 Å². The van der Waals surface area contributed by atoms with Crippen molar-refractivity contribution in [2.24, 2.45) is 0 Å². The molecule has 1 unspecified atom stereocenters. The number of nitrogens with one attached hydrogen (secondary N) is 4. The van der Waals surface area contributed by atoms with Crippen LogP contribution in [0.2, 0.25) is 0 Å². The van der Waals surface area contributed by atoms with Crippen LogP contribution in [0.5, 0.6) is 5.75 Å². The lowest BCUT2D eigenvalue weighted by Crippen LogP contribution is -2.48. The van der Waals surface area contributed by atoms with Crippen molar-refractivity contribution in [1.29, 1.82) is 0 Å². The Hall–Kier alpha value is -6.24. The molecular formula is C46H50F2N8O7S. The number of amides is 3. The van der Waals surface area contributed by atoms with Gasteiger partial charge in [0, 0.05) is 80.2 Å². The molecule has 3 fully saturated rings. The van der Waals surface area contributed by atoms with E-state index in [1.165, 1.54) is 18.8 Å². The van der Waals surface area contributed by atoms with Crippen molar-refractivity contribution in [2.45, 2.75) is 63.5 Å². The van der Waals surface area contributed by atoms with Gasteiger partial charge in [0.05, 0.1) is 17.8 Å². The Labute approximate surface area is 369 Å². The molecule has 0 aliphatic carbocycles. The summed E-state index contributed by atoms with van der Waals surface area (Å²) < 4.78 is 64.6. The maximum absolute atomic E-state index is 15.6. The van der Waals surface area contributed by atoms with Gasteiger partial charge < -0.3 is 19.9 Å². The van der Waals surface area contributed by atoms with E-state index in [-0.39, 0.29) is 36.4 Å². The molecule has 2 aromatic heterocycles. The van der Waals surface area contributed by atoms with Gasteiger partial charge >= 0.3 is 10.2 Å². The SMILES string of the molecule is CCN(C)S(=O)(=O)Nc1ccc(F)c(C(=O)c2c[nH]c3ncc(-c4ccc(N5CCC(NC(=O)CN6CCC(c7ccc(OC8CCC(=O)NC8=O)cc7)CC6)CC5)cc4)cc23)c1F. The van der Waals surface area contributed by atoms with Crippen molar-refractivity contribution >= 4 is 56.1 Å². The number of ketones is 1. The normalized spacial score (nSPS) is 18.0. The highest BCUT2D eigenvalue weighted by Crippen LogP contribution is 2.32. The number of likely N-dealkylation sites (tertiary alicyclic amines) is 1. The second kappa shape index (κ2) is 18.8. The van der Waals surface area contributed by atoms with E-state index in [4.69, 9.17) is 4.74 Å². The molecule has 5 aromatic rings. The number of imide groups is 1. The van der Waals surface area contributed by atoms with Crippen molar-refractivity contribution in [3.8, 4) is 16.9 Å². The molecule has 0 spiro atoms. The zero-order chi connectivity index (χ0) is 45.1. The first kappa shape index (κ1) is 44.4. The highest BCUT2D eigenvalue weighted by Gasteiger charge is 2.30. The number of carbonyl (C=O) groups is 4. The number of hydrogen-bond donors (Lipinski definition) is 4. The molecule has 3 saturated heterocycles. The molecule has 15 nitrogen and oxygen atoms in total. The lowest BCUT2D eigenvalue weighted by Gasteiger charge is -2.35. The quantitative estimate of drug-likeness (QED) is 0.0820. The predicted molar refractivity (Wildman–Crippen MR) is 237 cm³/mol. The number of H-pyrrole nitrogens is 1. The minimum absolute atomic E-state index is 0.0237. The standard InChI is InChI=1S/C46H50F2N8O7S/c1-3-54(2)64(61,62)53-38-13-12-37(47)42(43(38)48)44(59)36-26-50-45-35(36)24-31(25-49-45)29-4-8-33(9-5-29)56-22-18-32(19-23-56)51-41(58)27-55-20-16-30(17-21-55)28-6-10-34(11-7-28)63-39-14-15-40(57)52-46(39)60/h4-13,24-26,30,32,39,53H,3,14-23,27H2,1-2H3,(H,49,50)(H,51,58)(H,52,57,60). The fraction of sp³-hybridized carbons (Fsp3) is 0.370. The number of pyridine rings is 1. The Kier molecular flexibility index (Phi) is 13.1. The van der Waals surface area contributed by atoms with Crippen LogP contribution in [0.4, 0.5) is 20.2 Å². The van der Waals surface area contributed by atoms with Gasteiger partial charge in [0.15, 0.2) is 11.9 Å². The van der Waals surface area contributed by atoms with Gasteiger partial charge in [-0.15, -0.1) is 0 Å². The van der Waals surface area contributed by atoms with Crippen molar-refractivity contribution in [1.82, 2.24) is 29.8 Å². The summed E-state index contributed by atoms with van der Waals surface area (Å²) in [7, 11) is -2.84. The summed E-state index contributed by atoms with van der Waals surface area (Å²) in [5.74, 6) is -3.11. The third-order valence-corrected chi connectivity index (χ3v) is 13.9. The van der Waals surface area contributed by atoms with Gasteiger partial charge in [-0.2, -0.15) is 12.7 Å². The zero-order valence-electron chi connectivity index (χ0n) is 35.5. The summed E-state index contributed by atoms with van der Waals surface area (Å²) in [6, 6.07) is 19.3. The van der Waals surface area contributed by atoms with Gasteiger partial charge in [0.25, 0.3) is 5.91 Å². The Morgan fingerprint density at radius 3 is 2.33 bits per heavy atom. The molecule has 0 saturated carbocycles. The molecule has 3 amide bonds. The number of hydrogen-bond acceptors (Lipinski definition) is 10. The second-order valence-electron chi connectivity index (χ2n) is 16.5. The first-order valence-electron chi connectivity index (χ1n) is 21.5. The van der Waals surface area contributed by atoms with E-state index in [0.29, 0.717) is 41.2 Å². The van der Waals surface area contributed by atoms with Crippen molar-refractivity contribution < 1.29 is 41.1 Å². The number of carbonyl (C=O) groups excluding carboxylic acids is 4. The highest BCUT2D eigenvalue weighted by molar-refractivity contribution is 7.90. The minimum atomic E-state index is -4.14. The maximum atomic E-state index is 15.6. The van der Waals surface area contributed by atoms with E-state index in [0.717, 1.165) is 79.6 Å². The molecule has 8 rings (SSSR count). The number of benzene rings is 3. The fourth-order valence-corrected chi connectivity index (χ4v) is 9.46. The van der Waals surface area contributed by atoms with Crippen LogP contribution in [0.1, 0.15) is 72.9 Å². The first-order valence-corrected chi connectivity index (χ1v) is 22.9. The van der Waals surface area contributed by atoms with E-state index < -0.39 is 50.9 Å². The third-order valence-electron chi connectivity index (χ3n) is 12.4. The lowest BCUT2D eigenvalue weighted by molar-refractivity contribution is -0.139. The van der Waals surface area contributed by atoms with Crippen molar-refractivity contribution in [2.75, 3.05) is 55.9 Å². The minimum Gasteiger partial charge on any atom is -0.481 e. The molecular weight excluding hydrogens is 847 g/mol. The molecule has 64 heavy (non-hydrogen) atoms. The third kappa shape index (κ3) is 9.78. The molecule has 4 N–H and O–H groups in total. The van der Waals surface area contributed by atoms with Gasteiger partial charge in [0.1, 0.15) is 17.2 Å². The number of halogens is 2. The van der Waals surface area contributed by atoms with Gasteiger partial charge in [-0.25, -0.2) is 13.8 Å². The summed E-state index contributed by atoms with van der Waals surface area (Å²) in [6.45, 7) is 5.22. The number of rotatable bonds is 14. The van der Waals surface area contributed by atoms with Crippen molar-refractivity contribution in [3.05, 3.63) is 107 Å². The topological polar surface area (TPSA) is 186 Å². The van der Waals surface area contributed by atoms with Crippen LogP contribution in [0.15, 0.2) is 79.1 Å². The summed E-state index contributed by atoms with van der Waals surface area (Å²) in [5.41, 5.74) is 2.58. The number of aromatic nitrogens is 2. The second-order valence-corrected chi connectivity index (χ2v) is 18.3. The van der Waals surface area contributed by atoms with E-state index >= 15 is 8.78 Å². The summed E-state index contributed by atoms with van der Waals surface area (Å²) >= 11 is 0. The number of aromatic amines is 1. The Balaban J connectivity index is 0.813. The Bertz CT molecular complexity index is 2660. The summed E-state index contributed by atoms with van der Waals surface area (Å²) in [6.07, 6.45) is 6.40. The number of nitrogens with zero attached hydrogens (tertiary/aromatic N) is 4. The van der Waals surface area contributed by atoms with E-state index in [1.54, 1.807) is 19.2 Å². The van der Waals surface area contributed by atoms with Gasteiger partial charge in [-0.05, 0) is 98.3 Å². The van der Waals surface area contributed by atoms with Crippen LogP contribution >= 0.6 is 0 Å². The van der Waals surface area contributed by atoms with Crippen LogP contribution < -0.4 is 25.0 Å². The van der Waals surface area contributed by atoms with Gasteiger partial charge in [0.2, 0.25) is 17.6 Å². The van der Waals surface area contributed by atoms with E-state index in [1.807, 2.05) is 48.5 Å². The molecule has 0 radical (unpaired) electrons. The average Bonchev–Trinajstić information content (AvgIpc) is 3.72. The van der Waals surface area contributed by atoms with Gasteiger partial charge in [-0.3, -0.25) is 34.1 Å². The first-order chi connectivity index (χ1) is 30.8. The van der Waals surface area contributed by atoms with E-state index in [2.05, 4.69) is 35.1 Å². The summed E-state index contributed by atoms with van der Waals surface area (Å²) in [4.78, 5) is 62.0. The molecule has 3 aliphatic rings. The molecule has 336 valence electrons. The summed E-state index contributed by atoms with van der Waals surface area (Å²) in [5, 5.41) is 5.90. The number of piperidine rings is 3. The number of ether oxygens (including phenoxy) is 1. The van der Waals surface area contributed by atoms with Gasteiger partial charge in [-0.1, -0.05) is 31.2 Å².